The van der Waals surface area contributed by atoms with Crippen LogP contribution in [0, 0.1) is 0 Å². The molecule has 0 bridgehead atoms. The number of rotatable bonds is 4. The van der Waals surface area contributed by atoms with E-state index < -0.39 is 6.10 Å². The average Bonchev–Trinajstić information content (AvgIpc) is 2.18. The van der Waals surface area contributed by atoms with Crippen LogP contribution >= 0.6 is 0 Å². The van der Waals surface area contributed by atoms with Gasteiger partial charge in [-0.3, -0.25) is 0 Å². The van der Waals surface area contributed by atoms with Crippen LogP contribution in [-0.4, -0.2) is 11.7 Å². The Morgan fingerprint density at radius 3 is 2.38 bits per heavy atom. The van der Waals surface area contributed by atoms with Gasteiger partial charge in [0.1, 0.15) is 0 Å². The molecule has 0 fully saturated rings. The van der Waals surface area contributed by atoms with Crippen molar-refractivity contribution < 1.29 is 5.11 Å². The van der Waals surface area contributed by atoms with E-state index in [0.29, 0.717) is 13.0 Å². The molecule has 0 unspecified atom stereocenters. The normalized spacial score (nSPS) is 12.8. The first kappa shape index (κ1) is 10.2. The SMILES string of the molecule is CCc1ccc([C@@H](O)CCN)cc1. The Bertz CT molecular complexity index is 243. The lowest BCUT2D eigenvalue weighted by atomic mass is 10.0. The highest BCUT2D eigenvalue weighted by Crippen LogP contribution is 2.16. The zero-order valence-electron chi connectivity index (χ0n) is 8.03. The van der Waals surface area contributed by atoms with Gasteiger partial charge in [0.05, 0.1) is 6.10 Å². The number of benzene rings is 1. The maximum atomic E-state index is 9.60. The molecule has 0 saturated carbocycles. The summed E-state index contributed by atoms with van der Waals surface area (Å²) in [6, 6.07) is 8.04. The summed E-state index contributed by atoms with van der Waals surface area (Å²) in [5, 5.41) is 9.60. The van der Waals surface area contributed by atoms with E-state index in [-0.39, 0.29) is 0 Å². The van der Waals surface area contributed by atoms with Gasteiger partial charge in [-0.1, -0.05) is 31.2 Å². The molecule has 1 atom stereocenters. The Labute approximate surface area is 79.4 Å². The van der Waals surface area contributed by atoms with Crippen molar-refractivity contribution >= 4 is 0 Å². The molecular weight excluding hydrogens is 162 g/mol. The van der Waals surface area contributed by atoms with Crippen LogP contribution in [0.5, 0.6) is 0 Å². The molecule has 2 heteroatoms. The van der Waals surface area contributed by atoms with Crippen LogP contribution in [-0.2, 0) is 6.42 Å². The van der Waals surface area contributed by atoms with E-state index in [0.717, 1.165) is 12.0 Å². The minimum atomic E-state index is -0.407. The average molecular weight is 179 g/mol. The predicted molar refractivity (Wildman–Crippen MR) is 54.5 cm³/mol. The maximum absolute atomic E-state index is 9.60. The maximum Gasteiger partial charge on any atom is 0.0802 e. The van der Waals surface area contributed by atoms with E-state index in [1.807, 2.05) is 12.1 Å². The molecule has 0 radical (unpaired) electrons. The molecule has 1 aromatic rings. The molecule has 0 aliphatic carbocycles. The fraction of sp³-hybridized carbons (Fsp3) is 0.455. The highest BCUT2D eigenvalue weighted by atomic mass is 16.3. The Hall–Kier alpha value is -0.860. The standard InChI is InChI=1S/C11H17NO/c1-2-9-3-5-10(6-4-9)11(13)7-8-12/h3-6,11,13H,2,7-8,12H2,1H3/t11-/m0/s1. The Balaban J connectivity index is 2.67. The van der Waals surface area contributed by atoms with Gasteiger partial charge < -0.3 is 10.8 Å². The summed E-state index contributed by atoms with van der Waals surface area (Å²) in [5.41, 5.74) is 7.62. The molecule has 0 aromatic heterocycles. The van der Waals surface area contributed by atoms with Crippen LogP contribution in [0.1, 0.15) is 30.6 Å². The summed E-state index contributed by atoms with van der Waals surface area (Å²) in [7, 11) is 0. The van der Waals surface area contributed by atoms with Crippen molar-refractivity contribution in [1.29, 1.82) is 0 Å². The molecule has 3 N–H and O–H groups in total. The van der Waals surface area contributed by atoms with Crippen molar-refractivity contribution in [3.63, 3.8) is 0 Å². The van der Waals surface area contributed by atoms with E-state index >= 15 is 0 Å². The highest BCUT2D eigenvalue weighted by molar-refractivity contribution is 5.24. The van der Waals surface area contributed by atoms with Crippen molar-refractivity contribution in [2.24, 2.45) is 5.73 Å². The topological polar surface area (TPSA) is 46.2 Å². The molecule has 0 aliphatic heterocycles. The van der Waals surface area contributed by atoms with E-state index in [2.05, 4.69) is 19.1 Å². The van der Waals surface area contributed by atoms with Gasteiger partial charge in [-0.25, -0.2) is 0 Å². The van der Waals surface area contributed by atoms with Gasteiger partial charge in [0.15, 0.2) is 0 Å². The third-order valence-corrected chi connectivity index (χ3v) is 2.21. The van der Waals surface area contributed by atoms with Crippen molar-refractivity contribution in [2.45, 2.75) is 25.9 Å². The fourth-order valence-electron chi connectivity index (χ4n) is 1.30. The smallest absolute Gasteiger partial charge is 0.0802 e. The van der Waals surface area contributed by atoms with Gasteiger partial charge in [-0.15, -0.1) is 0 Å². The summed E-state index contributed by atoms with van der Waals surface area (Å²) in [5.74, 6) is 0. The van der Waals surface area contributed by atoms with Gasteiger partial charge in [-0.05, 0) is 30.5 Å². The third kappa shape index (κ3) is 2.83. The summed E-state index contributed by atoms with van der Waals surface area (Å²) in [6.07, 6.45) is 1.26. The van der Waals surface area contributed by atoms with Crippen molar-refractivity contribution in [1.82, 2.24) is 0 Å². The second-order valence-corrected chi connectivity index (χ2v) is 3.19. The van der Waals surface area contributed by atoms with Crippen LogP contribution in [0.25, 0.3) is 0 Å². The lowest BCUT2D eigenvalue weighted by Gasteiger charge is -2.09. The second kappa shape index (κ2) is 5.00. The zero-order chi connectivity index (χ0) is 9.68. The zero-order valence-corrected chi connectivity index (χ0v) is 8.03. The number of hydrogen-bond acceptors (Lipinski definition) is 2. The van der Waals surface area contributed by atoms with E-state index in [9.17, 15) is 5.11 Å². The Kier molecular flexibility index (Phi) is 3.93. The number of aryl methyl sites for hydroxylation is 1. The Morgan fingerprint density at radius 2 is 1.92 bits per heavy atom. The summed E-state index contributed by atoms with van der Waals surface area (Å²) < 4.78 is 0. The van der Waals surface area contributed by atoms with Gasteiger partial charge in [0.25, 0.3) is 0 Å². The largest absolute Gasteiger partial charge is 0.388 e. The molecule has 0 amide bonds. The summed E-state index contributed by atoms with van der Waals surface area (Å²) >= 11 is 0. The molecule has 1 aromatic carbocycles. The van der Waals surface area contributed by atoms with Crippen LogP contribution in [0.3, 0.4) is 0 Å². The van der Waals surface area contributed by atoms with Crippen LogP contribution < -0.4 is 5.73 Å². The monoisotopic (exact) mass is 179 g/mol. The molecule has 2 nitrogen and oxygen atoms in total. The van der Waals surface area contributed by atoms with Gasteiger partial charge in [0.2, 0.25) is 0 Å². The molecule has 0 saturated heterocycles. The predicted octanol–water partition coefficient (Wildman–Crippen LogP) is 1.63. The van der Waals surface area contributed by atoms with Gasteiger partial charge in [-0.2, -0.15) is 0 Å². The molecule has 0 aliphatic rings. The quantitative estimate of drug-likeness (QED) is 0.738. The second-order valence-electron chi connectivity index (χ2n) is 3.19. The first-order chi connectivity index (χ1) is 6.27. The summed E-state index contributed by atoms with van der Waals surface area (Å²) in [4.78, 5) is 0. The minimum Gasteiger partial charge on any atom is -0.388 e. The Morgan fingerprint density at radius 1 is 1.31 bits per heavy atom. The number of hydrogen-bond donors (Lipinski definition) is 2. The molecule has 0 heterocycles. The first-order valence-corrected chi connectivity index (χ1v) is 4.75. The van der Waals surface area contributed by atoms with Crippen molar-refractivity contribution in [3.05, 3.63) is 35.4 Å². The molecule has 72 valence electrons. The van der Waals surface area contributed by atoms with E-state index in [1.54, 1.807) is 0 Å². The van der Waals surface area contributed by atoms with Crippen molar-refractivity contribution in [3.8, 4) is 0 Å². The van der Waals surface area contributed by atoms with Gasteiger partial charge >= 0.3 is 0 Å². The lowest BCUT2D eigenvalue weighted by Crippen LogP contribution is -2.06. The van der Waals surface area contributed by atoms with Crippen molar-refractivity contribution in [2.75, 3.05) is 6.54 Å². The third-order valence-electron chi connectivity index (χ3n) is 2.21. The van der Waals surface area contributed by atoms with Crippen LogP contribution in [0.2, 0.25) is 0 Å². The van der Waals surface area contributed by atoms with Crippen LogP contribution in [0.4, 0.5) is 0 Å². The molecule has 0 spiro atoms. The van der Waals surface area contributed by atoms with Crippen LogP contribution in [0.15, 0.2) is 24.3 Å². The minimum absolute atomic E-state index is 0.407. The fourth-order valence-corrected chi connectivity index (χ4v) is 1.30. The molecule has 1 rings (SSSR count). The highest BCUT2D eigenvalue weighted by Gasteiger charge is 2.04. The van der Waals surface area contributed by atoms with E-state index in [1.165, 1.54) is 5.56 Å². The van der Waals surface area contributed by atoms with Gasteiger partial charge in [0, 0.05) is 0 Å². The first-order valence-electron chi connectivity index (χ1n) is 4.75. The molecule has 13 heavy (non-hydrogen) atoms. The summed E-state index contributed by atoms with van der Waals surface area (Å²) in [6.45, 7) is 2.64. The molecular formula is C11H17NO. The number of aliphatic hydroxyl groups is 1. The lowest BCUT2D eigenvalue weighted by molar-refractivity contribution is 0.170. The number of nitrogens with two attached hydrogens (primary N) is 1. The van der Waals surface area contributed by atoms with E-state index in [4.69, 9.17) is 5.73 Å². The number of aliphatic hydroxyl groups excluding tert-OH is 1.